The molecule has 0 heterocycles. The molecule has 1 aromatic carbocycles. The van der Waals surface area contributed by atoms with Crippen LogP contribution in [0, 0.1) is 10.1 Å². The highest BCUT2D eigenvalue weighted by Gasteiger charge is 2.10. The Morgan fingerprint density at radius 2 is 2.06 bits per heavy atom. The number of nitrogens with two attached hydrogens (primary N) is 1. The van der Waals surface area contributed by atoms with Crippen molar-refractivity contribution in [2.75, 3.05) is 32.0 Å². The van der Waals surface area contributed by atoms with Gasteiger partial charge in [-0.05, 0) is 19.2 Å². The largest absolute Gasteiger partial charge is 0.490 e. The van der Waals surface area contributed by atoms with Gasteiger partial charge >= 0.3 is 0 Å². The molecule has 2 N–H and O–H groups in total. The van der Waals surface area contributed by atoms with Crippen LogP contribution in [0.3, 0.4) is 0 Å². The first-order valence-corrected chi connectivity index (χ1v) is 5.97. The average molecular weight is 253 g/mol. The van der Waals surface area contributed by atoms with Gasteiger partial charge in [-0.25, -0.2) is 0 Å². The molecule has 18 heavy (non-hydrogen) atoms. The lowest BCUT2D eigenvalue weighted by molar-refractivity contribution is -0.384. The molecule has 0 bridgehead atoms. The van der Waals surface area contributed by atoms with E-state index in [9.17, 15) is 10.1 Å². The Morgan fingerprint density at radius 1 is 1.39 bits per heavy atom. The quantitative estimate of drug-likeness (QED) is 0.456. The number of rotatable bonds is 7. The van der Waals surface area contributed by atoms with Crippen LogP contribution in [0.1, 0.15) is 13.8 Å². The number of nitro groups is 1. The standard InChI is InChI=1S/C12H19N3O3/c1-3-14(4-2)7-8-18-12-9-10(15(16)17)5-6-11(12)13/h5-6,9H,3-4,7-8,13H2,1-2H3. The molecule has 1 rings (SSSR count). The maximum atomic E-state index is 10.6. The second-order valence-electron chi connectivity index (χ2n) is 3.85. The fourth-order valence-corrected chi connectivity index (χ4v) is 1.59. The number of ether oxygens (including phenoxy) is 1. The van der Waals surface area contributed by atoms with Gasteiger partial charge in [-0.2, -0.15) is 0 Å². The number of nitrogens with zero attached hydrogens (tertiary/aromatic N) is 2. The van der Waals surface area contributed by atoms with Crippen molar-refractivity contribution in [2.24, 2.45) is 0 Å². The van der Waals surface area contributed by atoms with E-state index in [4.69, 9.17) is 10.5 Å². The van der Waals surface area contributed by atoms with E-state index in [1.807, 2.05) is 0 Å². The Kier molecular flexibility index (Phi) is 5.38. The zero-order valence-electron chi connectivity index (χ0n) is 10.8. The van der Waals surface area contributed by atoms with Crippen molar-refractivity contribution < 1.29 is 9.66 Å². The molecule has 0 saturated heterocycles. The van der Waals surface area contributed by atoms with E-state index in [0.29, 0.717) is 18.0 Å². The fourth-order valence-electron chi connectivity index (χ4n) is 1.59. The highest BCUT2D eigenvalue weighted by atomic mass is 16.6. The van der Waals surface area contributed by atoms with Crippen molar-refractivity contribution in [3.63, 3.8) is 0 Å². The van der Waals surface area contributed by atoms with Crippen molar-refractivity contribution >= 4 is 11.4 Å². The van der Waals surface area contributed by atoms with Crippen LogP contribution in [0.15, 0.2) is 18.2 Å². The third-order valence-corrected chi connectivity index (χ3v) is 2.77. The summed E-state index contributed by atoms with van der Waals surface area (Å²) in [5, 5.41) is 10.6. The van der Waals surface area contributed by atoms with E-state index in [2.05, 4.69) is 18.7 Å². The van der Waals surface area contributed by atoms with Crippen molar-refractivity contribution in [1.82, 2.24) is 4.90 Å². The van der Waals surface area contributed by atoms with Crippen LogP contribution in [0.5, 0.6) is 5.75 Å². The van der Waals surface area contributed by atoms with Gasteiger partial charge in [0, 0.05) is 12.6 Å². The van der Waals surface area contributed by atoms with E-state index in [-0.39, 0.29) is 5.69 Å². The smallest absolute Gasteiger partial charge is 0.273 e. The molecular formula is C12H19N3O3. The van der Waals surface area contributed by atoms with Gasteiger partial charge in [0.25, 0.3) is 5.69 Å². The summed E-state index contributed by atoms with van der Waals surface area (Å²) >= 11 is 0. The normalized spacial score (nSPS) is 10.6. The summed E-state index contributed by atoms with van der Waals surface area (Å²) in [5.41, 5.74) is 6.12. The number of benzene rings is 1. The SMILES string of the molecule is CCN(CC)CCOc1cc([N+](=O)[O-])ccc1N. The Bertz CT molecular complexity index is 406. The van der Waals surface area contributed by atoms with E-state index >= 15 is 0 Å². The minimum atomic E-state index is -0.462. The monoisotopic (exact) mass is 253 g/mol. The van der Waals surface area contributed by atoms with Gasteiger partial charge in [0.1, 0.15) is 12.4 Å². The topological polar surface area (TPSA) is 81.6 Å². The molecule has 0 amide bonds. The predicted octanol–water partition coefficient (Wildman–Crippen LogP) is 1.90. The van der Waals surface area contributed by atoms with Gasteiger partial charge in [-0.3, -0.25) is 10.1 Å². The molecule has 0 aliphatic heterocycles. The van der Waals surface area contributed by atoms with Crippen molar-refractivity contribution in [1.29, 1.82) is 0 Å². The molecule has 0 saturated carbocycles. The van der Waals surface area contributed by atoms with Crippen molar-refractivity contribution in [2.45, 2.75) is 13.8 Å². The lowest BCUT2D eigenvalue weighted by Crippen LogP contribution is -2.28. The number of non-ortho nitro benzene ring substituents is 1. The van der Waals surface area contributed by atoms with Crippen LogP contribution in [0.25, 0.3) is 0 Å². The molecule has 0 atom stereocenters. The molecular weight excluding hydrogens is 234 g/mol. The zero-order chi connectivity index (χ0) is 13.5. The van der Waals surface area contributed by atoms with Crippen LogP contribution in [0.2, 0.25) is 0 Å². The maximum Gasteiger partial charge on any atom is 0.273 e. The highest BCUT2D eigenvalue weighted by Crippen LogP contribution is 2.26. The molecule has 0 aliphatic rings. The summed E-state index contributed by atoms with van der Waals surface area (Å²) in [6.45, 7) is 7.28. The lowest BCUT2D eigenvalue weighted by Gasteiger charge is -2.18. The van der Waals surface area contributed by atoms with Gasteiger partial charge in [-0.1, -0.05) is 13.8 Å². The molecule has 6 nitrogen and oxygen atoms in total. The lowest BCUT2D eigenvalue weighted by atomic mass is 10.2. The highest BCUT2D eigenvalue weighted by molar-refractivity contribution is 5.57. The minimum Gasteiger partial charge on any atom is -0.490 e. The first kappa shape index (κ1) is 14.2. The van der Waals surface area contributed by atoms with Crippen LogP contribution in [0.4, 0.5) is 11.4 Å². The van der Waals surface area contributed by atoms with Gasteiger partial charge in [0.2, 0.25) is 0 Å². The van der Waals surface area contributed by atoms with Crippen LogP contribution in [-0.4, -0.2) is 36.1 Å². The number of nitrogen functional groups attached to an aromatic ring is 1. The summed E-state index contributed by atoms with van der Waals surface area (Å²) in [7, 11) is 0. The zero-order valence-corrected chi connectivity index (χ0v) is 10.8. The van der Waals surface area contributed by atoms with Crippen LogP contribution >= 0.6 is 0 Å². The number of hydrogen-bond donors (Lipinski definition) is 1. The number of anilines is 1. The summed E-state index contributed by atoms with van der Waals surface area (Å²) in [6.07, 6.45) is 0. The van der Waals surface area contributed by atoms with Crippen LogP contribution in [-0.2, 0) is 0 Å². The molecule has 100 valence electrons. The van der Waals surface area contributed by atoms with Crippen LogP contribution < -0.4 is 10.5 Å². The summed E-state index contributed by atoms with van der Waals surface area (Å²) < 4.78 is 5.49. The number of nitro benzene ring substituents is 1. The molecule has 0 aromatic heterocycles. The van der Waals surface area contributed by atoms with Gasteiger partial charge in [-0.15, -0.1) is 0 Å². The third kappa shape index (κ3) is 3.89. The summed E-state index contributed by atoms with van der Waals surface area (Å²) in [4.78, 5) is 12.4. The molecule has 0 fully saturated rings. The van der Waals surface area contributed by atoms with E-state index < -0.39 is 4.92 Å². The second kappa shape index (κ2) is 6.80. The number of hydrogen-bond acceptors (Lipinski definition) is 5. The third-order valence-electron chi connectivity index (χ3n) is 2.77. The first-order chi connectivity index (χ1) is 8.58. The summed E-state index contributed by atoms with van der Waals surface area (Å²) in [5.74, 6) is 0.372. The Hall–Kier alpha value is -1.82. The molecule has 0 radical (unpaired) electrons. The van der Waals surface area contributed by atoms with Gasteiger partial charge in [0.15, 0.2) is 0 Å². The van der Waals surface area contributed by atoms with Crippen molar-refractivity contribution in [3.8, 4) is 5.75 Å². The van der Waals surface area contributed by atoms with E-state index in [1.54, 1.807) is 0 Å². The summed E-state index contributed by atoms with van der Waals surface area (Å²) in [6, 6.07) is 4.22. The Labute approximate surface area is 106 Å². The maximum absolute atomic E-state index is 10.6. The Morgan fingerprint density at radius 3 is 2.61 bits per heavy atom. The van der Waals surface area contributed by atoms with E-state index in [1.165, 1.54) is 18.2 Å². The minimum absolute atomic E-state index is 0.0120. The predicted molar refractivity (Wildman–Crippen MR) is 70.8 cm³/mol. The average Bonchev–Trinajstić information content (AvgIpc) is 2.36. The van der Waals surface area contributed by atoms with E-state index in [0.717, 1.165) is 19.6 Å². The molecule has 0 spiro atoms. The van der Waals surface area contributed by atoms with Gasteiger partial charge in [0.05, 0.1) is 16.7 Å². The number of likely N-dealkylation sites (N-methyl/N-ethyl adjacent to an activating group) is 1. The second-order valence-corrected chi connectivity index (χ2v) is 3.85. The van der Waals surface area contributed by atoms with Crippen molar-refractivity contribution in [3.05, 3.63) is 28.3 Å². The molecule has 0 unspecified atom stereocenters. The Balaban J connectivity index is 2.61. The fraction of sp³-hybridized carbons (Fsp3) is 0.500. The molecule has 6 heteroatoms. The molecule has 1 aromatic rings. The molecule has 0 aliphatic carbocycles. The van der Waals surface area contributed by atoms with Gasteiger partial charge < -0.3 is 15.4 Å². The first-order valence-electron chi connectivity index (χ1n) is 5.97.